The first-order valence-corrected chi connectivity index (χ1v) is 3.93. The average molecular weight is 166 g/mol. The number of rotatable bonds is 3. The molecule has 3 nitrogen and oxygen atoms in total. The molecule has 0 saturated heterocycles. The van der Waals surface area contributed by atoms with E-state index < -0.39 is 0 Å². The molecule has 0 fully saturated rings. The summed E-state index contributed by atoms with van der Waals surface area (Å²) in [6, 6.07) is 3.96. The van der Waals surface area contributed by atoms with Crippen LogP contribution in [0.25, 0.3) is 0 Å². The molecule has 66 valence electrons. The molecule has 12 heavy (non-hydrogen) atoms. The summed E-state index contributed by atoms with van der Waals surface area (Å²) in [5, 5.41) is 0. The zero-order valence-electron chi connectivity index (χ0n) is 7.45. The van der Waals surface area contributed by atoms with E-state index in [1.807, 2.05) is 19.1 Å². The van der Waals surface area contributed by atoms with E-state index in [0.717, 1.165) is 11.3 Å². The molecular formula is C9H14N2O. The highest BCUT2D eigenvalue weighted by atomic mass is 16.5. The molecule has 3 heteroatoms. The van der Waals surface area contributed by atoms with Crippen molar-refractivity contribution in [2.45, 2.75) is 19.6 Å². The summed E-state index contributed by atoms with van der Waals surface area (Å²) in [4.78, 5) is 4.18. The van der Waals surface area contributed by atoms with Crippen molar-refractivity contribution in [2.75, 3.05) is 7.11 Å². The molecule has 2 N–H and O–H groups in total. The van der Waals surface area contributed by atoms with Gasteiger partial charge in [0.25, 0.3) is 0 Å². The Morgan fingerprint density at radius 3 is 2.75 bits per heavy atom. The maximum atomic E-state index is 5.67. The van der Waals surface area contributed by atoms with E-state index in [-0.39, 0.29) is 6.04 Å². The van der Waals surface area contributed by atoms with Crippen molar-refractivity contribution in [1.82, 2.24) is 4.98 Å². The maximum absolute atomic E-state index is 5.67. The number of hydrogen-bond donors (Lipinski definition) is 1. The fraction of sp³-hybridized carbons (Fsp3) is 0.444. The van der Waals surface area contributed by atoms with Gasteiger partial charge in [-0.3, -0.25) is 4.98 Å². The SMILES string of the molecule is COCc1ccc([C@H](C)N)cn1. The Balaban J connectivity index is 2.71. The van der Waals surface area contributed by atoms with Gasteiger partial charge in [0.15, 0.2) is 0 Å². The number of nitrogens with zero attached hydrogens (tertiary/aromatic N) is 1. The molecule has 0 aromatic carbocycles. The van der Waals surface area contributed by atoms with Gasteiger partial charge in [-0.25, -0.2) is 0 Å². The topological polar surface area (TPSA) is 48.1 Å². The summed E-state index contributed by atoms with van der Waals surface area (Å²) < 4.78 is 4.93. The number of pyridine rings is 1. The summed E-state index contributed by atoms with van der Waals surface area (Å²) in [5.74, 6) is 0. The average Bonchev–Trinajstić information content (AvgIpc) is 2.06. The molecule has 0 radical (unpaired) electrons. The maximum Gasteiger partial charge on any atom is 0.0884 e. The minimum absolute atomic E-state index is 0.0501. The highest BCUT2D eigenvalue weighted by Crippen LogP contribution is 2.08. The first-order valence-electron chi connectivity index (χ1n) is 3.93. The molecular weight excluding hydrogens is 152 g/mol. The van der Waals surface area contributed by atoms with Gasteiger partial charge in [0.05, 0.1) is 12.3 Å². The number of methoxy groups -OCH3 is 1. The van der Waals surface area contributed by atoms with Gasteiger partial charge in [0, 0.05) is 19.3 Å². The Morgan fingerprint density at radius 2 is 2.33 bits per heavy atom. The predicted molar refractivity (Wildman–Crippen MR) is 47.6 cm³/mol. The zero-order valence-corrected chi connectivity index (χ0v) is 7.45. The van der Waals surface area contributed by atoms with E-state index >= 15 is 0 Å². The first-order chi connectivity index (χ1) is 5.74. The Labute approximate surface area is 72.6 Å². The smallest absolute Gasteiger partial charge is 0.0884 e. The molecule has 1 aromatic heterocycles. The Hall–Kier alpha value is -0.930. The second-order valence-electron chi connectivity index (χ2n) is 2.80. The second-order valence-corrected chi connectivity index (χ2v) is 2.80. The van der Waals surface area contributed by atoms with Crippen molar-refractivity contribution in [3.05, 3.63) is 29.6 Å². The van der Waals surface area contributed by atoms with Crippen LogP contribution < -0.4 is 5.73 Å². The first kappa shape index (κ1) is 9.16. The Kier molecular flexibility index (Phi) is 3.19. The molecule has 0 unspecified atom stereocenters. The molecule has 1 rings (SSSR count). The van der Waals surface area contributed by atoms with Crippen molar-refractivity contribution < 1.29 is 4.74 Å². The number of ether oxygens (including phenoxy) is 1. The van der Waals surface area contributed by atoms with Crippen molar-refractivity contribution >= 4 is 0 Å². The molecule has 0 spiro atoms. The lowest BCUT2D eigenvalue weighted by molar-refractivity contribution is 0.181. The van der Waals surface area contributed by atoms with Crippen LogP contribution in [0.1, 0.15) is 24.2 Å². The third-order valence-corrected chi connectivity index (χ3v) is 1.67. The van der Waals surface area contributed by atoms with Crippen molar-refractivity contribution in [3.63, 3.8) is 0 Å². The lowest BCUT2D eigenvalue weighted by atomic mass is 10.1. The van der Waals surface area contributed by atoms with Crippen LogP contribution >= 0.6 is 0 Å². The highest BCUT2D eigenvalue weighted by molar-refractivity contribution is 5.16. The summed E-state index contributed by atoms with van der Waals surface area (Å²) in [7, 11) is 1.65. The third kappa shape index (κ3) is 2.29. The molecule has 0 saturated carbocycles. The molecule has 1 heterocycles. The van der Waals surface area contributed by atoms with Gasteiger partial charge < -0.3 is 10.5 Å². The molecule has 0 aliphatic rings. The Morgan fingerprint density at radius 1 is 1.58 bits per heavy atom. The standard InChI is InChI=1S/C9H14N2O/c1-7(10)8-3-4-9(6-12-2)11-5-8/h3-5,7H,6,10H2,1-2H3/t7-/m0/s1. The lowest BCUT2D eigenvalue weighted by Crippen LogP contribution is -2.05. The van der Waals surface area contributed by atoms with Crippen LogP contribution in [0.5, 0.6) is 0 Å². The minimum Gasteiger partial charge on any atom is -0.378 e. The summed E-state index contributed by atoms with van der Waals surface area (Å²) in [5.41, 5.74) is 7.65. The molecule has 0 aliphatic heterocycles. The summed E-state index contributed by atoms with van der Waals surface area (Å²) in [6.07, 6.45) is 1.79. The third-order valence-electron chi connectivity index (χ3n) is 1.67. The van der Waals surface area contributed by atoms with E-state index in [4.69, 9.17) is 10.5 Å². The van der Waals surface area contributed by atoms with Gasteiger partial charge in [0.1, 0.15) is 0 Å². The van der Waals surface area contributed by atoms with Crippen molar-refractivity contribution in [1.29, 1.82) is 0 Å². The van der Waals surface area contributed by atoms with Crippen LogP contribution in [-0.2, 0) is 11.3 Å². The molecule has 1 aromatic rings. The lowest BCUT2D eigenvalue weighted by Gasteiger charge is -2.05. The van der Waals surface area contributed by atoms with Gasteiger partial charge in [-0.15, -0.1) is 0 Å². The zero-order chi connectivity index (χ0) is 8.97. The number of nitrogens with two attached hydrogens (primary N) is 1. The van der Waals surface area contributed by atoms with E-state index in [2.05, 4.69) is 4.98 Å². The second kappa shape index (κ2) is 4.18. The highest BCUT2D eigenvalue weighted by Gasteiger charge is 1.99. The van der Waals surface area contributed by atoms with E-state index in [9.17, 15) is 0 Å². The van der Waals surface area contributed by atoms with E-state index in [0.29, 0.717) is 6.61 Å². The molecule has 0 aliphatic carbocycles. The van der Waals surface area contributed by atoms with Crippen LogP contribution in [0, 0.1) is 0 Å². The fourth-order valence-electron chi connectivity index (χ4n) is 0.939. The monoisotopic (exact) mass is 166 g/mol. The van der Waals surface area contributed by atoms with Gasteiger partial charge in [-0.1, -0.05) is 6.07 Å². The van der Waals surface area contributed by atoms with Crippen LogP contribution in [0.4, 0.5) is 0 Å². The van der Waals surface area contributed by atoms with Crippen molar-refractivity contribution in [2.24, 2.45) is 5.73 Å². The van der Waals surface area contributed by atoms with Crippen LogP contribution in [-0.4, -0.2) is 12.1 Å². The Bertz CT molecular complexity index is 231. The quantitative estimate of drug-likeness (QED) is 0.735. The number of hydrogen-bond acceptors (Lipinski definition) is 3. The van der Waals surface area contributed by atoms with Crippen molar-refractivity contribution in [3.8, 4) is 0 Å². The van der Waals surface area contributed by atoms with Gasteiger partial charge in [0.2, 0.25) is 0 Å². The van der Waals surface area contributed by atoms with Gasteiger partial charge in [-0.05, 0) is 18.6 Å². The van der Waals surface area contributed by atoms with Crippen LogP contribution in [0.15, 0.2) is 18.3 Å². The minimum atomic E-state index is 0.0501. The van der Waals surface area contributed by atoms with Crippen LogP contribution in [0.2, 0.25) is 0 Å². The van der Waals surface area contributed by atoms with E-state index in [1.165, 1.54) is 0 Å². The largest absolute Gasteiger partial charge is 0.378 e. The summed E-state index contributed by atoms with van der Waals surface area (Å²) in [6.45, 7) is 2.49. The molecule has 1 atom stereocenters. The van der Waals surface area contributed by atoms with Crippen LogP contribution in [0.3, 0.4) is 0 Å². The normalized spacial score (nSPS) is 12.9. The number of aromatic nitrogens is 1. The van der Waals surface area contributed by atoms with Gasteiger partial charge >= 0.3 is 0 Å². The molecule has 0 bridgehead atoms. The van der Waals surface area contributed by atoms with Gasteiger partial charge in [-0.2, -0.15) is 0 Å². The predicted octanol–water partition coefficient (Wildman–Crippen LogP) is 1.25. The fourth-order valence-corrected chi connectivity index (χ4v) is 0.939. The molecule has 0 amide bonds. The summed E-state index contributed by atoms with van der Waals surface area (Å²) >= 11 is 0. The van der Waals surface area contributed by atoms with E-state index in [1.54, 1.807) is 13.3 Å².